The SMILES string of the molecule is COc1ccc(OC)c(NC(=O)C2=C(C(C)C)N3CCCN=C3S2)c1.Cl. The predicted molar refractivity (Wildman–Crippen MR) is 109 cm³/mol. The Morgan fingerprint density at radius 1 is 1.31 bits per heavy atom. The minimum Gasteiger partial charge on any atom is -0.497 e. The van der Waals surface area contributed by atoms with Crippen molar-refractivity contribution in [3.8, 4) is 11.5 Å². The van der Waals surface area contributed by atoms with E-state index in [1.807, 2.05) is 0 Å². The standard InChI is InChI=1S/C18H23N3O3S.ClH/c1-11(2)15-16(25-18-19-8-5-9-21(15)18)17(22)20-13-10-12(23-3)6-7-14(13)24-4;/h6-7,10-11H,5,8-9H2,1-4H3,(H,20,22);1H. The van der Waals surface area contributed by atoms with Gasteiger partial charge in [0.15, 0.2) is 5.17 Å². The Kier molecular flexibility index (Phi) is 6.83. The number of nitrogens with zero attached hydrogens (tertiary/aromatic N) is 2. The van der Waals surface area contributed by atoms with Gasteiger partial charge in [0, 0.05) is 24.9 Å². The molecule has 0 aliphatic carbocycles. The van der Waals surface area contributed by atoms with Gasteiger partial charge in [-0.05, 0) is 36.2 Å². The number of aliphatic imine (C=N–C) groups is 1. The average molecular weight is 398 g/mol. The van der Waals surface area contributed by atoms with Gasteiger partial charge in [-0.2, -0.15) is 0 Å². The van der Waals surface area contributed by atoms with Crippen LogP contribution in [0, 0.1) is 5.92 Å². The molecule has 0 spiro atoms. The van der Waals surface area contributed by atoms with Crippen LogP contribution >= 0.6 is 24.2 Å². The second-order valence-electron chi connectivity index (χ2n) is 6.16. The lowest BCUT2D eigenvalue weighted by atomic mass is 10.1. The zero-order valence-corrected chi connectivity index (χ0v) is 17.0. The molecule has 1 N–H and O–H groups in total. The first kappa shape index (κ1) is 20.5. The second kappa shape index (κ2) is 8.68. The van der Waals surface area contributed by atoms with Gasteiger partial charge >= 0.3 is 0 Å². The molecule has 0 saturated carbocycles. The number of amides is 1. The van der Waals surface area contributed by atoms with Crippen LogP contribution in [0.2, 0.25) is 0 Å². The lowest BCUT2D eigenvalue weighted by molar-refractivity contribution is -0.112. The highest BCUT2D eigenvalue weighted by molar-refractivity contribution is 8.18. The van der Waals surface area contributed by atoms with E-state index in [1.54, 1.807) is 32.4 Å². The Labute approximate surface area is 164 Å². The number of methoxy groups -OCH3 is 2. The summed E-state index contributed by atoms with van der Waals surface area (Å²) in [6.45, 7) is 5.95. The molecule has 1 aromatic carbocycles. The van der Waals surface area contributed by atoms with E-state index < -0.39 is 0 Å². The van der Waals surface area contributed by atoms with Crippen molar-refractivity contribution in [2.75, 3.05) is 32.6 Å². The van der Waals surface area contributed by atoms with E-state index in [9.17, 15) is 4.79 Å². The molecule has 26 heavy (non-hydrogen) atoms. The molecule has 0 aromatic heterocycles. The molecular weight excluding hydrogens is 374 g/mol. The van der Waals surface area contributed by atoms with Crippen LogP contribution in [0.5, 0.6) is 11.5 Å². The fourth-order valence-electron chi connectivity index (χ4n) is 2.99. The molecule has 3 rings (SSSR count). The Morgan fingerprint density at radius 3 is 2.73 bits per heavy atom. The monoisotopic (exact) mass is 397 g/mol. The van der Waals surface area contributed by atoms with E-state index in [0.29, 0.717) is 22.1 Å². The lowest BCUT2D eigenvalue weighted by Gasteiger charge is -2.27. The topological polar surface area (TPSA) is 63.2 Å². The maximum Gasteiger partial charge on any atom is 0.264 e. The first-order valence-electron chi connectivity index (χ1n) is 8.32. The third-order valence-corrected chi connectivity index (χ3v) is 5.27. The highest BCUT2D eigenvalue weighted by Gasteiger charge is 2.35. The van der Waals surface area contributed by atoms with Crippen molar-refractivity contribution in [2.45, 2.75) is 20.3 Å². The number of hydrogen-bond acceptors (Lipinski definition) is 6. The zero-order valence-electron chi connectivity index (χ0n) is 15.4. The van der Waals surface area contributed by atoms with Crippen molar-refractivity contribution in [1.82, 2.24) is 4.90 Å². The van der Waals surface area contributed by atoms with Gasteiger partial charge in [0.2, 0.25) is 0 Å². The number of carbonyl (C=O) groups excluding carboxylic acids is 1. The number of fused-ring (bicyclic) bond motifs is 1. The molecule has 0 atom stereocenters. The van der Waals surface area contributed by atoms with Crippen molar-refractivity contribution < 1.29 is 14.3 Å². The molecule has 2 aliphatic rings. The van der Waals surface area contributed by atoms with Crippen LogP contribution in [-0.2, 0) is 4.79 Å². The summed E-state index contributed by atoms with van der Waals surface area (Å²) >= 11 is 1.45. The Hall–Kier alpha value is -1.86. The summed E-state index contributed by atoms with van der Waals surface area (Å²) < 4.78 is 10.6. The van der Waals surface area contributed by atoms with Crippen LogP contribution in [0.25, 0.3) is 0 Å². The average Bonchev–Trinajstić information content (AvgIpc) is 3.01. The van der Waals surface area contributed by atoms with Crippen LogP contribution in [-0.4, -0.2) is 43.3 Å². The number of benzene rings is 1. The van der Waals surface area contributed by atoms with E-state index in [0.717, 1.165) is 30.4 Å². The quantitative estimate of drug-likeness (QED) is 0.819. The molecule has 0 radical (unpaired) electrons. The Bertz CT molecular complexity index is 749. The number of ether oxygens (including phenoxy) is 2. The minimum absolute atomic E-state index is 0. The van der Waals surface area contributed by atoms with Gasteiger partial charge < -0.3 is 19.7 Å². The summed E-state index contributed by atoms with van der Waals surface area (Å²) in [6.07, 6.45) is 1.01. The van der Waals surface area contributed by atoms with Gasteiger partial charge in [-0.15, -0.1) is 12.4 Å². The summed E-state index contributed by atoms with van der Waals surface area (Å²) in [4.78, 5) is 20.4. The van der Waals surface area contributed by atoms with Crippen molar-refractivity contribution in [3.05, 3.63) is 28.8 Å². The number of thioether (sulfide) groups is 1. The molecule has 1 aromatic rings. The number of hydrogen-bond donors (Lipinski definition) is 1. The second-order valence-corrected chi connectivity index (χ2v) is 7.14. The molecule has 2 aliphatic heterocycles. The summed E-state index contributed by atoms with van der Waals surface area (Å²) in [5.74, 6) is 1.36. The number of carbonyl (C=O) groups is 1. The van der Waals surface area contributed by atoms with Gasteiger partial charge in [0.1, 0.15) is 16.4 Å². The van der Waals surface area contributed by atoms with Gasteiger partial charge in [-0.3, -0.25) is 9.79 Å². The minimum atomic E-state index is -0.141. The molecule has 8 heteroatoms. The molecule has 0 unspecified atom stereocenters. The molecular formula is C18H24ClN3O3S. The number of amidine groups is 1. The van der Waals surface area contributed by atoms with Crippen LogP contribution in [0.1, 0.15) is 20.3 Å². The van der Waals surface area contributed by atoms with Crippen LogP contribution in [0.15, 0.2) is 33.8 Å². The lowest BCUT2D eigenvalue weighted by Crippen LogP contribution is -2.31. The van der Waals surface area contributed by atoms with E-state index in [2.05, 4.69) is 29.1 Å². The summed E-state index contributed by atoms with van der Waals surface area (Å²) in [7, 11) is 3.17. The number of anilines is 1. The summed E-state index contributed by atoms with van der Waals surface area (Å²) in [5, 5.41) is 3.90. The van der Waals surface area contributed by atoms with Crippen molar-refractivity contribution in [2.24, 2.45) is 10.9 Å². The van der Waals surface area contributed by atoms with Gasteiger partial charge in [-0.25, -0.2) is 0 Å². The first-order valence-corrected chi connectivity index (χ1v) is 9.14. The molecule has 0 fully saturated rings. The number of halogens is 1. The fraction of sp³-hybridized carbons (Fsp3) is 0.444. The normalized spacial score (nSPS) is 16.0. The van der Waals surface area contributed by atoms with Crippen LogP contribution < -0.4 is 14.8 Å². The highest BCUT2D eigenvalue weighted by atomic mass is 35.5. The van der Waals surface area contributed by atoms with E-state index in [1.165, 1.54) is 11.8 Å². The summed E-state index contributed by atoms with van der Waals surface area (Å²) in [6, 6.07) is 5.34. The van der Waals surface area contributed by atoms with Crippen LogP contribution in [0.3, 0.4) is 0 Å². The van der Waals surface area contributed by atoms with Gasteiger partial charge in [0.25, 0.3) is 5.91 Å². The zero-order chi connectivity index (χ0) is 18.0. The smallest absolute Gasteiger partial charge is 0.264 e. The predicted octanol–water partition coefficient (Wildman–Crippen LogP) is 3.74. The third kappa shape index (κ3) is 3.94. The molecule has 142 valence electrons. The van der Waals surface area contributed by atoms with Gasteiger partial charge in [-0.1, -0.05) is 13.8 Å². The van der Waals surface area contributed by atoms with E-state index in [4.69, 9.17) is 9.47 Å². The summed E-state index contributed by atoms with van der Waals surface area (Å²) in [5.41, 5.74) is 1.64. The fourth-order valence-corrected chi connectivity index (χ4v) is 4.22. The van der Waals surface area contributed by atoms with Crippen molar-refractivity contribution in [1.29, 1.82) is 0 Å². The molecule has 6 nitrogen and oxygen atoms in total. The Morgan fingerprint density at radius 2 is 2.08 bits per heavy atom. The van der Waals surface area contributed by atoms with Crippen molar-refractivity contribution in [3.63, 3.8) is 0 Å². The largest absolute Gasteiger partial charge is 0.497 e. The number of rotatable bonds is 5. The maximum absolute atomic E-state index is 13.0. The van der Waals surface area contributed by atoms with Crippen molar-refractivity contribution >= 4 is 40.9 Å². The molecule has 2 heterocycles. The maximum atomic E-state index is 13.0. The molecule has 0 bridgehead atoms. The Balaban J connectivity index is 0.00000243. The van der Waals surface area contributed by atoms with E-state index >= 15 is 0 Å². The van der Waals surface area contributed by atoms with Crippen LogP contribution in [0.4, 0.5) is 5.69 Å². The van der Waals surface area contributed by atoms with Gasteiger partial charge in [0.05, 0.1) is 19.9 Å². The number of allylic oxidation sites excluding steroid dienone is 1. The molecule has 1 amide bonds. The first-order chi connectivity index (χ1) is 12.0. The third-order valence-electron chi connectivity index (χ3n) is 4.14. The molecule has 0 saturated heterocycles. The number of nitrogens with one attached hydrogen (secondary N) is 1. The highest BCUT2D eigenvalue weighted by Crippen LogP contribution is 2.40. The van der Waals surface area contributed by atoms with E-state index in [-0.39, 0.29) is 24.2 Å².